The van der Waals surface area contributed by atoms with Gasteiger partial charge in [-0.25, -0.2) is 8.42 Å². The molecule has 1 amide bonds. The minimum atomic E-state index is -3.78. The normalized spacial score (nSPS) is 16.2. The van der Waals surface area contributed by atoms with Crippen LogP contribution in [0.4, 0.5) is 0 Å². The third-order valence-electron chi connectivity index (χ3n) is 3.45. The monoisotopic (exact) mass is 321 g/mol. The molecule has 1 aromatic heterocycles. The first kappa shape index (κ1) is 14.8. The van der Waals surface area contributed by atoms with Crippen LogP contribution in [0.2, 0.25) is 0 Å². The fourth-order valence-electron chi connectivity index (χ4n) is 2.15. The Morgan fingerprint density at radius 3 is 2.58 bits per heavy atom. The molecule has 1 fully saturated rings. The van der Waals surface area contributed by atoms with Crippen LogP contribution in [0.3, 0.4) is 0 Å². The van der Waals surface area contributed by atoms with E-state index >= 15 is 0 Å². The Kier molecular flexibility index (Phi) is 4.23. The second kappa shape index (κ2) is 5.42. The lowest BCUT2D eigenvalue weighted by atomic mass is 9.85. The summed E-state index contributed by atoms with van der Waals surface area (Å²) in [4.78, 5) is 14.9. The van der Waals surface area contributed by atoms with E-state index in [-0.39, 0.29) is 10.8 Å². The number of halogens is 1. The van der Waals surface area contributed by atoms with E-state index in [0.717, 1.165) is 6.54 Å². The highest BCUT2D eigenvalue weighted by atomic mass is 35.7. The molecule has 0 atom stereocenters. The third kappa shape index (κ3) is 3.30. The quantitative estimate of drug-likeness (QED) is 0.801. The van der Waals surface area contributed by atoms with Gasteiger partial charge in [0, 0.05) is 29.2 Å². The van der Waals surface area contributed by atoms with Crippen molar-refractivity contribution in [1.82, 2.24) is 4.90 Å². The molecule has 0 aromatic carbocycles. The number of thiophene rings is 1. The third-order valence-corrected chi connectivity index (χ3v) is 6.06. The lowest BCUT2D eigenvalue weighted by Gasteiger charge is -2.29. The molecule has 0 spiro atoms. The molecule has 0 N–H and O–H groups in total. The van der Waals surface area contributed by atoms with Crippen molar-refractivity contribution < 1.29 is 13.2 Å². The number of amides is 1. The van der Waals surface area contributed by atoms with Crippen molar-refractivity contribution in [3.05, 3.63) is 15.8 Å². The molecule has 1 saturated carbocycles. The number of rotatable bonds is 4. The van der Waals surface area contributed by atoms with Gasteiger partial charge in [0.25, 0.3) is 15.0 Å². The number of hydrogen-bond donors (Lipinski definition) is 0. The maximum Gasteiger partial charge on any atom is 0.263 e. The predicted molar refractivity (Wildman–Crippen MR) is 76.4 cm³/mol. The summed E-state index contributed by atoms with van der Waals surface area (Å²) >= 11 is 1.18. The lowest BCUT2D eigenvalue weighted by Crippen LogP contribution is -2.33. The van der Waals surface area contributed by atoms with E-state index in [1.807, 2.05) is 0 Å². The molecule has 1 aromatic rings. The van der Waals surface area contributed by atoms with Crippen molar-refractivity contribution in [1.29, 1.82) is 0 Å². The number of hydrogen-bond acceptors (Lipinski definition) is 4. The summed E-state index contributed by atoms with van der Waals surface area (Å²) in [5.41, 5.74) is 0. The first-order chi connectivity index (χ1) is 8.79. The Balaban J connectivity index is 2.15. The molecular formula is C12H16ClNO3S2. The molecule has 0 bridgehead atoms. The molecule has 1 aliphatic carbocycles. The smallest absolute Gasteiger partial charge is 0.263 e. The second-order valence-electron chi connectivity index (χ2n) is 4.95. The minimum absolute atomic E-state index is 0.0413. The Hall–Kier alpha value is -0.590. The molecule has 0 saturated heterocycles. The van der Waals surface area contributed by atoms with Gasteiger partial charge in [-0.3, -0.25) is 4.79 Å². The zero-order chi connectivity index (χ0) is 14.2. The van der Waals surface area contributed by atoms with Gasteiger partial charge in [0.05, 0.1) is 9.77 Å². The minimum Gasteiger partial charge on any atom is -0.341 e. The van der Waals surface area contributed by atoms with Crippen molar-refractivity contribution in [2.45, 2.75) is 31.1 Å². The molecule has 7 heteroatoms. The van der Waals surface area contributed by atoms with Gasteiger partial charge >= 0.3 is 0 Å². The highest BCUT2D eigenvalue weighted by Crippen LogP contribution is 2.30. The Bertz CT molecular complexity index is 590. The number of carbonyl (C=O) groups excluding carboxylic acids is 1. The standard InChI is InChI=1S/C12H16ClNO3S2/c1-8-11(19(13,16)17)6-10(18-8)12(15)14(2)7-9-4-3-5-9/h6,9H,3-5,7H2,1-2H3. The first-order valence-corrected chi connectivity index (χ1v) is 9.22. The van der Waals surface area contributed by atoms with Gasteiger partial charge in [-0.1, -0.05) is 6.42 Å². The predicted octanol–water partition coefficient (Wildman–Crippen LogP) is 2.86. The van der Waals surface area contributed by atoms with Crippen LogP contribution in [0.1, 0.15) is 33.8 Å². The van der Waals surface area contributed by atoms with E-state index in [1.165, 1.54) is 36.7 Å². The molecule has 2 rings (SSSR count). The van der Waals surface area contributed by atoms with E-state index in [4.69, 9.17) is 10.7 Å². The van der Waals surface area contributed by atoms with Gasteiger partial charge in [-0.05, 0) is 31.7 Å². The van der Waals surface area contributed by atoms with Crippen LogP contribution in [0.5, 0.6) is 0 Å². The van der Waals surface area contributed by atoms with Crippen molar-refractivity contribution in [3.8, 4) is 0 Å². The van der Waals surface area contributed by atoms with E-state index in [1.54, 1.807) is 18.9 Å². The maximum atomic E-state index is 12.2. The van der Waals surface area contributed by atoms with Gasteiger partial charge in [0.2, 0.25) is 0 Å². The van der Waals surface area contributed by atoms with Crippen molar-refractivity contribution in [2.24, 2.45) is 5.92 Å². The average molecular weight is 322 g/mol. The van der Waals surface area contributed by atoms with Crippen molar-refractivity contribution in [3.63, 3.8) is 0 Å². The van der Waals surface area contributed by atoms with Crippen LogP contribution < -0.4 is 0 Å². The molecular weight excluding hydrogens is 306 g/mol. The largest absolute Gasteiger partial charge is 0.341 e. The van der Waals surface area contributed by atoms with Crippen LogP contribution in [0.15, 0.2) is 11.0 Å². The van der Waals surface area contributed by atoms with Gasteiger partial charge < -0.3 is 4.90 Å². The molecule has 0 aliphatic heterocycles. The first-order valence-electron chi connectivity index (χ1n) is 6.09. The fourth-order valence-corrected chi connectivity index (χ4v) is 4.80. The summed E-state index contributed by atoms with van der Waals surface area (Å²) < 4.78 is 22.7. The van der Waals surface area contributed by atoms with E-state index in [0.29, 0.717) is 15.7 Å². The number of nitrogens with zero attached hydrogens (tertiary/aromatic N) is 1. The van der Waals surface area contributed by atoms with Gasteiger partial charge in [0.1, 0.15) is 0 Å². The lowest BCUT2D eigenvalue weighted by molar-refractivity contribution is 0.0750. The second-order valence-corrected chi connectivity index (χ2v) is 8.74. The highest BCUT2D eigenvalue weighted by Gasteiger charge is 2.25. The summed E-state index contributed by atoms with van der Waals surface area (Å²) in [5.74, 6) is 0.456. The molecule has 106 valence electrons. The molecule has 4 nitrogen and oxygen atoms in total. The number of carbonyl (C=O) groups is 1. The SMILES string of the molecule is Cc1sc(C(=O)N(C)CC2CCC2)cc1S(=O)(=O)Cl. The number of aryl methyl sites for hydroxylation is 1. The molecule has 1 aliphatic rings. The summed E-state index contributed by atoms with van der Waals surface area (Å²) in [6.07, 6.45) is 3.57. The van der Waals surface area contributed by atoms with Crippen LogP contribution in [-0.2, 0) is 9.05 Å². The summed E-state index contributed by atoms with van der Waals surface area (Å²) in [6, 6.07) is 1.38. The molecule has 0 radical (unpaired) electrons. The van der Waals surface area contributed by atoms with E-state index in [9.17, 15) is 13.2 Å². The summed E-state index contributed by atoms with van der Waals surface area (Å²) in [7, 11) is 3.31. The molecule has 0 unspecified atom stereocenters. The molecule has 19 heavy (non-hydrogen) atoms. The summed E-state index contributed by atoms with van der Waals surface area (Å²) in [6.45, 7) is 2.39. The average Bonchev–Trinajstić information content (AvgIpc) is 2.64. The van der Waals surface area contributed by atoms with Crippen molar-refractivity contribution >= 4 is 37.0 Å². The topological polar surface area (TPSA) is 54.5 Å². The highest BCUT2D eigenvalue weighted by molar-refractivity contribution is 8.13. The van der Waals surface area contributed by atoms with Gasteiger partial charge in [0.15, 0.2) is 0 Å². The molecule has 1 heterocycles. The Morgan fingerprint density at radius 1 is 1.53 bits per heavy atom. The van der Waals surface area contributed by atoms with Crippen LogP contribution in [-0.4, -0.2) is 32.8 Å². The fraction of sp³-hybridized carbons (Fsp3) is 0.583. The van der Waals surface area contributed by atoms with Crippen molar-refractivity contribution in [2.75, 3.05) is 13.6 Å². The Morgan fingerprint density at radius 2 is 2.16 bits per heavy atom. The Labute approximate surface area is 121 Å². The van der Waals surface area contributed by atoms with Gasteiger partial charge in [-0.2, -0.15) is 0 Å². The van der Waals surface area contributed by atoms with Gasteiger partial charge in [-0.15, -0.1) is 11.3 Å². The zero-order valence-electron chi connectivity index (χ0n) is 10.8. The summed E-state index contributed by atoms with van der Waals surface area (Å²) in [5, 5.41) is 0. The van der Waals surface area contributed by atoms with Crippen LogP contribution >= 0.6 is 22.0 Å². The van der Waals surface area contributed by atoms with Crippen LogP contribution in [0.25, 0.3) is 0 Å². The zero-order valence-corrected chi connectivity index (χ0v) is 13.2. The maximum absolute atomic E-state index is 12.2. The van der Waals surface area contributed by atoms with E-state index in [2.05, 4.69) is 0 Å². The van der Waals surface area contributed by atoms with E-state index < -0.39 is 9.05 Å². The van der Waals surface area contributed by atoms with Crippen LogP contribution in [0, 0.1) is 12.8 Å².